The molecule has 0 atom stereocenters. The highest BCUT2D eigenvalue weighted by molar-refractivity contribution is 5.74. The van der Waals surface area contributed by atoms with Crippen LogP contribution >= 0.6 is 0 Å². The molecule has 2 aromatic carbocycles. The number of ether oxygens (including phenoxy) is 1. The largest absolute Gasteiger partial charge is 0.497 e. The number of fused-ring (bicyclic) bond motifs is 1. The predicted octanol–water partition coefficient (Wildman–Crippen LogP) is 5.31. The van der Waals surface area contributed by atoms with Crippen molar-refractivity contribution in [2.24, 2.45) is 0 Å². The monoisotopic (exact) mass is 387 g/mol. The number of anilines is 1. The summed E-state index contributed by atoms with van der Waals surface area (Å²) in [5, 5.41) is 7.97. The molecule has 1 aliphatic heterocycles. The van der Waals surface area contributed by atoms with Crippen molar-refractivity contribution in [2.45, 2.75) is 25.4 Å². The molecule has 0 bridgehead atoms. The number of hydrogen-bond acceptors (Lipinski definition) is 3. The van der Waals surface area contributed by atoms with Crippen molar-refractivity contribution in [2.75, 3.05) is 19.0 Å². The van der Waals surface area contributed by atoms with Gasteiger partial charge in [-0.2, -0.15) is 18.3 Å². The topological polar surface area (TPSA) is 39.1 Å². The summed E-state index contributed by atoms with van der Waals surface area (Å²) in [6.45, 7) is 0.759. The smallest absolute Gasteiger partial charge is 0.417 e. The van der Waals surface area contributed by atoms with E-state index in [1.165, 1.54) is 12.1 Å². The Balaban J connectivity index is 1.91. The maximum atomic E-state index is 13.6. The fraction of sp³-hybridized carbons (Fsp3) is 0.286. The van der Waals surface area contributed by atoms with Gasteiger partial charge in [-0.05, 0) is 49.6 Å². The lowest BCUT2D eigenvalue weighted by Crippen LogP contribution is -2.08. The number of nitrogens with zero attached hydrogens (tertiary/aromatic N) is 2. The first-order valence-electron chi connectivity index (χ1n) is 9.16. The summed E-state index contributed by atoms with van der Waals surface area (Å²) in [6.07, 6.45) is -1.90. The molecular formula is C21H20F3N3O. The van der Waals surface area contributed by atoms with Crippen LogP contribution < -0.4 is 10.1 Å². The van der Waals surface area contributed by atoms with Crippen molar-refractivity contribution in [3.63, 3.8) is 0 Å². The summed E-state index contributed by atoms with van der Waals surface area (Å²) < 4.78 is 47.7. The Morgan fingerprint density at radius 2 is 1.79 bits per heavy atom. The lowest BCUT2D eigenvalue weighted by molar-refractivity contribution is -0.137. The molecule has 1 aliphatic rings. The first-order chi connectivity index (χ1) is 13.5. The molecule has 0 saturated carbocycles. The Morgan fingerprint density at radius 1 is 1.04 bits per heavy atom. The van der Waals surface area contributed by atoms with E-state index < -0.39 is 11.7 Å². The van der Waals surface area contributed by atoms with Crippen molar-refractivity contribution < 1.29 is 17.9 Å². The third-order valence-electron chi connectivity index (χ3n) is 4.93. The molecule has 0 fully saturated rings. The molecule has 146 valence electrons. The number of nitrogens with one attached hydrogen (secondary N) is 1. The summed E-state index contributed by atoms with van der Waals surface area (Å²) in [6, 6.07) is 12.9. The molecule has 0 spiro atoms. The van der Waals surface area contributed by atoms with Gasteiger partial charge in [0, 0.05) is 17.7 Å². The molecular weight excluding hydrogens is 367 g/mol. The second kappa shape index (κ2) is 7.22. The Bertz CT molecular complexity index is 978. The van der Waals surface area contributed by atoms with Gasteiger partial charge in [-0.25, -0.2) is 4.68 Å². The Hall–Kier alpha value is -2.96. The number of alkyl halides is 3. The number of benzene rings is 2. The number of aromatic nitrogens is 2. The fourth-order valence-electron chi connectivity index (χ4n) is 3.57. The van der Waals surface area contributed by atoms with E-state index in [0.717, 1.165) is 42.5 Å². The maximum absolute atomic E-state index is 13.6. The summed E-state index contributed by atoms with van der Waals surface area (Å²) in [4.78, 5) is 0. The molecule has 4 rings (SSSR count). The Morgan fingerprint density at radius 3 is 2.50 bits per heavy atom. The predicted molar refractivity (Wildman–Crippen MR) is 102 cm³/mol. The zero-order valence-electron chi connectivity index (χ0n) is 15.4. The number of hydrogen-bond donors (Lipinski definition) is 1. The average Bonchev–Trinajstić information content (AvgIpc) is 2.88. The van der Waals surface area contributed by atoms with Gasteiger partial charge in [-0.15, -0.1) is 0 Å². The molecule has 3 aromatic rings. The van der Waals surface area contributed by atoms with Crippen LogP contribution in [0.4, 0.5) is 19.0 Å². The summed E-state index contributed by atoms with van der Waals surface area (Å²) >= 11 is 0. The second-order valence-electron chi connectivity index (χ2n) is 6.71. The molecule has 1 aromatic heterocycles. The molecule has 0 amide bonds. The minimum Gasteiger partial charge on any atom is -0.497 e. The molecule has 7 heteroatoms. The van der Waals surface area contributed by atoms with Gasteiger partial charge < -0.3 is 10.1 Å². The fourth-order valence-corrected chi connectivity index (χ4v) is 3.57. The number of halogens is 3. The van der Waals surface area contributed by atoms with Crippen LogP contribution in [-0.2, 0) is 12.6 Å². The van der Waals surface area contributed by atoms with Crippen LogP contribution in [-0.4, -0.2) is 23.4 Å². The van der Waals surface area contributed by atoms with Gasteiger partial charge in [-0.3, -0.25) is 0 Å². The average molecular weight is 387 g/mol. The van der Waals surface area contributed by atoms with E-state index in [-0.39, 0.29) is 5.56 Å². The molecule has 0 radical (unpaired) electrons. The first-order valence-corrected chi connectivity index (χ1v) is 9.16. The van der Waals surface area contributed by atoms with Gasteiger partial charge >= 0.3 is 6.18 Å². The van der Waals surface area contributed by atoms with Crippen molar-refractivity contribution in [1.29, 1.82) is 0 Å². The van der Waals surface area contributed by atoms with Gasteiger partial charge in [0.15, 0.2) is 0 Å². The third-order valence-corrected chi connectivity index (χ3v) is 4.93. The summed E-state index contributed by atoms with van der Waals surface area (Å²) in [7, 11) is 1.59. The van der Waals surface area contributed by atoms with E-state index >= 15 is 0 Å². The minimum absolute atomic E-state index is 0.113. The molecule has 0 unspecified atom stereocenters. The van der Waals surface area contributed by atoms with E-state index in [9.17, 15) is 13.2 Å². The maximum Gasteiger partial charge on any atom is 0.417 e. The highest BCUT2D eigenvalue weighted by Gasteiger charge is 2.35. The number of methoxy groups -OCH3 is 1. The molecule has 0 saturated heterocycles. The first kappa shape index (κ1) is 18.4. The van der Waals surface area contributed by atoms with Crippen LogP contribution in [0.1, 0.15) is 24.0 Å². The zero-order chi connectivity index (χ0) is 19.7. The molecule has 2 heterocycles. The zero-order valence-corrected chi connectivity index (χ0v) is 15.4. The van der Waals surface area contributed by atoms with E-state index in [1.54, 1.807) is 17.9 Å². The van der Waals surface area contributed by atoms with Gasteiger partial charge in [-0.1, -0.05) is 18.2 Å². The van der Waals surface area contributed by atoms with E-state index in [0.29, 0.717) is 17.9 Å². The summed E-state index contributed by atoms with van der Waals surface area (Å²) in [5.74, 6) is 1.47. The third kappa shape index (κ3) is 3.32. The number of rotatable bonds is 3. The highest BCUT2D eigenvalue weighted by Crippen LogP contribution is 2.40. The van der Waals surface area contributed by atoms with E-state index in [1.807, 2.05) is 24.3 Å². The Labute approximate surface area is 160 Å². The van der Waals surface area contributed by atoms with Crippen LogP contribution in [0.5, 0.6) is 5.75 Å². The minimum atomic E-state index is -4.44. The van der Waals surface area contributed by atoms with Crippen LogP contribution in [0.25, 0.3) is 16.9 Å². The normalized spacial score (nSPS) is 14.1. The standard InChI is InChI=1S/C21H20F3N3O/c1-28-15-11-9-14(10-12-15)27-20-17(7-4-5-13-25-20)19(26-27)16-6-2-3-8-18(16)21(22,23)24/h2-3,6,8-12,25H,4-5,7,13H2,1H3. The van der Waals surface area contributed by atoms with Gasteiger partial charge in [0.1, 0.15) is 11.6 Å². The van der Waals surface area contributed by atoms with Crippen molar-refractivity contribution >= 4 is 5.82 Å². The SMILES string of the molecule is COc1ccc(-n2nc(-c3ccccc3C(F)(F)F)c3c2NCCCC3)cc1. The lowest BCUT2D eigenvalue weighted by Gasteiger charge is -2.12. The van der Waals surface area contributed by atoms with Crippen molar-refractivity contribution in [3.8, 4) is 22.7 Å². The van der Waals surface area contributed by atoms with Gasteiger partial charge in [0.2, 0.25) is 0 Å². The lowest BCUT2D eigenvalue weighted by atomic mass is 9.99. The van der Waals surface area contributed by atoms with Crippen LogP contribution in [0.15, 0.2) is 48.5 Å². The molecule has 4 nitrogen and oxygen atoms in total. The van der Waals surface area contributed by atoms with Crippen LogP contribution in [0, 0.1) is 0 Å². The molecule has 28 heavy (non-hydrogen) atoms. The highest BCUT2D eigenvalue weighted by atomic mass is 19.4. The van der Waals surface area contributed by atoms with Crippen LogP contribution in [0.2, 0.25) is 0 Å². The van der Waals surface area contributed by atoms with Crippen molar-refractivity contribution in [1.82, 2.24) is 9.78 Å². The second-order valence-corrected chi connectivity index (χ2v) is 6.71. The van der Waals surface area contributed by atoms with Gasteiger partial charge in [0.05, 0.1) is 24.1 Å². The van der Waals surface area contributed by atoms with E-state index in [4.69, 9.17) is 4.74 Å². The van der Waals surface area contributed by atoms with Crippen molar-refractivity contribution in [3.05, 3.63) is 59.7 Å². The molecule has 0 aliphatic carbocycles. The van der Waals surface area contributed by atoms with Gasteiger partial charge in [0.25, 0.3) is 0 Å². The van der Waals surface area contributed by atoms with E-state index in [2.05, 4.69) is 10.4 Å². The summed E-state index contributed by atoms with van der Waals surface area (Å²) in [5.41, 5.74) is 1.42. The van der Waals surface area contributed by atoms with Crippen LogP contribution in [0.3, 0.4) is 0 Å². The Kier molecular flexibility index (Phi) is 4.75. The quantitative estimate of drug-likeness (QED) is 0.662. The molecule has 1 N–H and O–H groups in total.